The van der Waals surface area contributed by atoms with Crippen molar-refractivity contribution >= 4 is 5.91 Å². The molecule has 122 valence electrons. The van der Waals surface area contributed by atoms with Crippen molar-refractivity contribution < 1.29 is 9.18 Å². The number of carbonyl (C=O) groups excluding carboxylic acids is 1. The first-order chi connectivity index (χ1) is 11.5. The van der Waals surface area contributed by atoms with Gasteiger partial charge in [-0.25, -0.2) is 4.39 Å². The number of hydrogen-bond donors (Lipinski definition) is 1. The standard InChI is InChI=1S/C19H18FN3O/c1-13(15-4-3-9-21-11-15)22-19(24)18-10-16(12-23(18)2)14-5-7-17(20)8-6-14/h3-13H,1-2H3,(H,22,24)/t13-/m1/s1. The van der Waals surface area contributed by atoms with Crippen LogP contribution >= 0.6 is 0 Å². The van der Waals surface area contributed by atoms with Crippen LogP contribution < -0.4 is 5.32 Å². The van der Waals surface area contributed by atoms with Crippen LogP contribution in [0.15, 0.2) is 61.1 Å². The van der Waals surface area contributed by atoms with Crippen molar-refractivity contribution in [3.05, 3.63) is 78.1 Å². The molecule has 0 aliphatic carbocycles. The monoisotopic (exact) mass is 323 g/mol. The van der Waals surface area contributed by atoms with Crippen LogP contribution in [-0.2, 0) is 7.05 Å². The summed E-state index contributed by atoms with van der Waals surface area (Å²) in [6.45, 7) is 1.92. The van der Waals surface area contributed by atoms with E-state index in [1.807, 2.05) is 32.3 Å². The van der Waals surface area contributed by atoms with Crippen LogP contribution in [0.4, 0.5) is 4.39 Å². The van der Waals surface area contributed by atoms with E-state index in [1.54, 1.807) is 35.2 Å². The van der Waals surface area contributed by atoms with Gasteiger partial charge in [0, 0.05) is 31.2 Å². The number of nitrogens with one attached hydrogen (secondary N) is 1. The minimum Gasteiger partial charge on any atom is -0.346 e. The Morgan fingerprint density at radius 1 is 1.21 bits per heavy atom. The molecule has 24 heavy (non-hydrogen) atoms. The van der Waals surface area contributed by atoms with E-state index in [-0.39, 0.29) is 17.8 Å². The van der Waals surface area contributed by atoms with Gasteiger partial charge in [-0.05, 0) is 42.3 Å². The quantitative estimate of drug-likeness (QED) is 0.795. The van der Waals surface area contributed by atoms with Crippen LogP contribution in [0.5, 0.6) is 0 Å². The number of benzene rings is 1. The van der Waals surface area contributed by atoms with E-state index in [9.17, 15) is 9.18 Å². The van der Waals surface area contributed by atoms with E-state index in [0.29, 0.717) is 5.69 Å². The molecule has 0 aliphatic rings. The van der Waals surface area contributed by atoms with Gasteiger partial charge in [0.2, 0.25) is 0 Å². The molecule has 3 aromatic rings. The molecule has 2 aromatic heterocycles. The third-order valence-electron chi connectivity index (χ3n) is 3.95. The summed E-state index contributed by atoms with van der Waals surface area (Å²) < 4.78 is 14.8. The molecular formula is C19H18FN3O. The predicted molar refractivity (Wildman–Crippen MR) is 90.9 cm³/mol. The van der Waals surface area contributed by atoms with Crippen LogP contribution in [0.2, 0.25) is 0 Å². The summed E-state index contributed by atoms with van der Waals surface area (Å²) in [6, 6.07) is 11.6. The number of rotatable bonds is 4. The average molecular weight is 323 g/mol. The zero-order valence-electron chi connectivity index (χ0n) is 13.5. The van der Waals surface area contributed by atoms with E-state index in [4.69, 9.17) is 0 Å². The third kappa shape index (κ3) is 3.35. The molecule has 0 fully saturated rings. The van der Waals surface area contributed by atoms with Gasteiger partial charge in [0.05, 0.1) is 6.04 Å². The normalized spacial score (nSPS) is 12.0. The van der Waals surface area contributed by atoms with Gasteiger partial charge in [0.1, 0.15) is 11.5 Å². The summed E-state index contributed by atoms with van der Waals surface area (Å²) in [4.78, 5) is 16.6. The fourth-order valence-electron chi connectivity index (χ4n) is 2.58. The van der Waals surface area contributed by atoms with Crippen molar-refractivity contribution in [2.45, 2.75) is 13.0 Å². The van der Waals surface area contributed by atoms with Gasteiger partial charge in [-0.2, -0.15) is 0 Å². The molecule has 1 N–H and O–H groups in total. The van der Waals surface area contributed by atoms with Gasteiger partial charge in [-0.3, -0.25) is 9.78 Å². The molecule has 0 saturated carbocycles. The van der Waals surface area contributed by atoms with Crippen molar-refractivity contribution in [1.29, 1.82) is 0 Å². The molecule has 0 spiro atoms. The molecular weight excluding hydrogens is 305 g/mol. The van der Waals surface area contributed by atoms with Gasteiger partial charge in [0.25, 0.3) is 5.91 Å². The number of aryl methyl sites for hydroxylation is 1. The molecule has 0 bridgehead atoms. The highest BCUT2D eigenvalue weighted by Gasteiger charge is 2.16. The number of amides is 1. The molecule has 0 aliphatic heterocycles. The summed E-state index contributed by atoms with van der Waals surface area (Å²) in [5.41, 5.74) is 3.23. The van der Waals surface area contributed by atoms with Crippen molar-refractivity contribution in [1.82, 2.24) is 14.9 Å². The smallest absolute Gasteiger partial charge is 0.268 e. The Bertz CT molecular complexity index is 841. The molecule has 0 saturated heterocycles. The van der Waals surface area contributed by atoms with Crippen LogP contribution in [0, 0.1) is 5.82 Å². The predicted octanol–water partition coefficient (Wildman–Crippen LogP) is 3.72. The van der Waals surface area contributed by atoms with E-state index in [0.717, 1.165) is 16.7 Å². The molecule has 1 amide bonds. The molecule has 3 rings (SSSR count). The number of halogens is 1. The molecule has 2 heterocycles. The number of hydrogen-bond acceptors (Lipinski definition) is 2. The van der Waals surface area contributed by atoms with Crippen LogP contribution in [-0.4, -0.2) is 15.5 Å². The number of carbonyl (C=O) groups is 1. The Balaban J connectivity index is 1.79. The molecule has 0 radical (unpaired) electrons. The summed E-state index contributed by atoms with van der Waals surface area (Å²) in [5, 5.41) is 2.97. The van der Waals surface area contributed by atoms with Crippen molar-refractivity contribution in [3.8, 4) is 11.1 Å². The van der Waals surface area contributed by atoms with Gasteiger partial charge in [-0.1, -0.05) is 18.2 Å². The van der Waals surface area contributed by atoms with Gasteiger partial charge in [-0.15, -0.1) is 0 Å². The van der Waals surface area contributed by atoms with Gasteiger partial charge in [0.15, 0.2) is 0 Å². The highest BCUT2D eigenvalue weighted by molar-refractivity contribution is 5.94. The summed E-state index contributed by atoms with van der Waals surface area (Å²) in [6.07, 6.45) is 5.29. The average Bonchev–Trinajstić information content (AvgIpc) is 2.98. The minimum absolute atomic E-state index is 0.143. The first kappa shape index (κ1) is 15.9. The van der Waals surface area contributed by atoms with Gasteiger partial charge < -0.3 is 9.88 Å². The third-order valence-corrected chi connectivity index (χ3v) is 3.95. The van der Waals surface area contributed by atoms with E-state index < -0.39 is 0 Å². The van der Waals surface area contributed by atoms with Crippen LogP contribution in [0.3, 0.4) is 0 Å². The lowest BCUT2D eigenvalue weighted by Gasteiger charge is -2.14. The lowest BCUT2D eigenvalue weighted by Crippen LogP contribution is -2.28. The second kappa shape index (κ2) is 6.66. The molecule has 1 aromatic carbocycles. The Hall–Kier alpha value is -2.95. The molecule has 1 atom stereocenters. The maximum absolute atomic E-state index is 13.0. The Labute approximate surface area is 140 Å². The zero-order chi connectivity index (χ0) is 17.1. The number of pyridine rings is 1. The molecule has 0 unspecified atom stereocenters. The van der Waals surface area contributed by atoms with Crippen LogP contribution in [0.1, 0.15) is 29.0 Å². The largest absolute Gasteiger partial charge is 0.346 e. The maximum Gasteiger partial charge on any atom is 0.268 e. The fourth-order valence-corrected chi connectivity index (χ4v) is 2.58. The first-order valence-corrected chi connectivity index (χ1v) is 7.67. The second-order valence-corrected chi connectivity index (χ2v) is 5.71. The lowest BCUT2D eigenvalue weighted by atomic mass is 10.1. The Morgan fingerprint density at radius 3 is 2.62 bits per heavy atom. The lowest BCUT2D eigenvalue weighted by molar-refractivity contribution is 0.0931. The van der Waals surface area contributed by atoms with Crippen molar-refractivity contribution in [2.75, 3.05) is 0 Å². The first-order valence-electron chi connectivity index (χ1n) is 7.67. The minimum atomic E-state index is -0.280. The Morgan fingerprint density at radius 2 is 1.96 bits per heavy atom. The van der Waals surface area contributed by atoms with E-state index >= 15 is 0 Å². The molecule has 4 nitrogen and oxygen atoms in total. The van der Waals surface area contributed by atoms with E-state index in [1.165, 1.54) is 12.1 Å². The topological polar surface area (TPSA) is 46.9 Å². The van der Waals surface area contributed by atoms with Gasteiger partial charge >= 0.3 is 0 Å². The van der Waals surface area contributed by atoms with Crippen molar-refractivity contribution in [2.24, 2.45) is 7.05 Å². The fraction of sp³-hybridized carbons (Fsp3) is 0.158. The second-order valence-electron chi connectivity index (χ2n) is 5.71. The number of aromatic nitrogens is 2. The Kier molecular flexibility index (Phi) is 4.42. The zero-order valence-corrected chi connectivity index (χ0v) is 13.5. The maximum atomic E-state index is 13.0. The number of nitrogens with zero attached hydrogens (tertiary/aromatic N) is 2. The highest BCUT2D eigenvalue weighted by atomic mass is 19.1. The SMILES string of the molecule is C[C@@H](NC(=O)c1cc(-c2ccc(F)cc2)cn1C)c1cccnc1. The van der Waals surface area contributed by atoms with Crippen LogP contribution in [0.25, 0.3) is 11.1 Å². The highest BCUT2D eigenvalue weighted by Crippen LogP contribution is 2.22. The summed E-state index contributed by atoms with van der Waals surface area (Å²) >= 11 is 0. The summed E-state index contributed by atoms with van der Waals surface area (Å²) in [7, 11) is 1.82. The molecule has 5 heteroatoms. The summed E-state index contributed by atoms with van der Waals surface area (Å²) in [5.74, 6) is -0.444. The van der Waals surface area contributed by atoms with Crippen molar-refractivity contribution in [3.63, 3.8) is 0 Å². The van der Waals surface area contributed by atoms with E-state index in [2.05, 4.69) is 10.3 Å².